The first kappa shape index (κ1) is 17.0. The van der Waals surface area contributed by atoms with Crippen LogP contribution in [0.4, 0.5) is 0 Å². The highest BCUT2D eigenvalue weighted by Gasteiger charge is 2.22. The molecule has 1 aliphatic rings. The molecule has 130 valence electrons. The van der Waals surface area contributed by atoms with E-state index in [1.54, 1.807) is 12.3 Å². The van der Waals surface area contributed by atoms with E-state index in [2.05, 4.69) is 41.6 Å². The number of oxazole rings is 1. The SMILES string of the molecule is CC(C)(C)c1nc(CN2CCN(Cc3cccc(O)c3)CC2)co1. The largest absolute Gasteiger partial charge is 0.508 e. The summed E-state index contributed by atoms with van der Waals surface area (Å²) in [6, 6.07) is 7.52. The van der Waals surface area contributed by atoms with Crippen LogP contribution in [0.1, 0.15) is 37.9 Å². The van der Waals surface area contributed by atoms with E-state index in [1.165, 1.54) is 0 Å². The third-order valence-electron chi connectivity index (χ3n) is 4.36. The predicted octanol–water partition coefficient (Wildman–Crippen LogP) is 3.00. The molecule has 0 amide bonds. The number of rotatable bonds is 4. The molecule has 1 aliphatic heterocycles. The Bertz CT molecular complexity index is 667. The van der Waals surface area contributed by atoms with Gasteiger partial charge in [-0.05, 0) is 17.7 Å². The molecule has 5 heteroatoms. The van der Waals surface area contributed by atoms with Crippen LogP contribution in [0.2, 0.25) is 0 Å². The van der Waals surface area contributed by atoms with Crippen molar-refractivity contribution >= 4 is 0 Å². The second-order valence-corrected chi connectivity index (χ2v) is 7.62. The van der Waals surface area contributed by atoms with E-state index >= 15 is 0 Å². The van der Waals surface area contributed by atoms with Gasteiger partial charge in [-0.2, -0.15) is 0 Å². The fraction of sp³-hybridized carbons (Fsp3) is 0.526. The average molecular weight is 329 g/mol. The summed E-state index contributed by atoms with van der Waals surface area (Å²) in [6.07, 6.45) is 1.79. The highest BCUT2D eigenvalue weighted by atomic mass is 16.3. The molecular weight excluding hydrogens is 302 g/mol. The summed E-state index contributed by atoms with van der Waals surface area (Å²) < 4.78 is 5.61. The monoisotopic (exact) mass is 329 g/mol. The number of aromatic hydroxyl groups is 1. The van der Waals surface area contributed by atoms with Gasteiger partial charge in [-0.3, -0.25) is 9.80 Å². The van der Waals surface area contributed by atoms with Gasteiger partial charge in [-0.15, -0.1) is 0 Å². The van der Waals surface area contributed by atoms with Gasteiger partial charge in [0.25, 0.3) is 0 Å². The van der Waals surface area contributed by atoms with E-state index in [9.17, 15) is 5.11 Å². The number of phenols is 1. The van der Waals surface area contributed by atoms with Gasteiger partial charge in [-0.25, -0.2) is 4.98 Å². The zero-order valence-electron chi connectivity index (χ0n) is 14.8. The zero-order chi connectivity index (χ0) is 17.2. The van der Waals surface area contributed by atoms with Gasteiger partial charge in [0.2, 0.25) is 0 Å². The first-order chi connectivity index (χ1) is 11.4. The van der Waals surface area contributed by atoms with Crippen molar-refractivity contribution in [2.45, 2.75) is 39.3 Å². The van der Waals surface area contributed by atoms with Gasteiger partial charge < -0.3 is 9.52 Å². The van der Waals surface area contributed by atoms with Gasteiger partial charge in [0.05, 0.1) is 5.69 Å². The van der Waals surface area contributed by atoms with Crippen LogP contribution in [-0.4, -0.2) is 46.1 Å². The molecule has 24 heavy (non-hydrogen) atoms. The third kappa shape index (κ3) is 4.36. The van der Waals surface area contributed by atoms with Crippen molar-refractivity contribution in [1.82, 2.24) is 14.8 Å². The normalized spacial score (nSPS) is 17.3. The van der Waals surface area contributed by atoms with Gasteiger partial charge in [0, 0.05) is 44.7 Å². The Kier molecular flexibility index (Phi) is 4.92. The van der Waals surface area contributed by atoms with Crippen molar-refractivity contribution in [1.29, 1.82) is 0 Å². The molecule has 0 spiro atoms. The minimum absolute atomic E-state index is 0.0435. The molecule has 1 saturated heterocycles. The lowest BCUT2D eigenvalue weighted by molar-refractivity contribution is 0.121. The number of aromatic nitrogens is 1. The minimum atomic E-state index is -0.0435. The van der Waals surface area contributed by atoms with Crippen molar-refractivity contribution in [2.24, 2.45) is 0 Å². The maximum atomic E-state index is 9.57. The number of hydrogen-bond acceptors (Lipinski definition) is 5. The molecule has 2 aromatic rings. The Morgan fingerprint density at radius 3 is 2.33 bits per heavy atom. The first-order valence-corrected chi connectivity index (χ1v) is 8.58. The number of hydrogen-bond donors (Lipinski definition) is 1. The van der Waals surface area contributed by atoms with Gasteiger partial charge in [0.15, 0.2) is 5.89 Å². The molecule has 3 rings (SSSR count). The lowest BCUT2D eigenvalue weighted by atomic mass is 9.97. The second kappa shape index (κ2) is 6.95. The van der Waals surface area contributed by atoms with Crippen LogP contribution < -0.4 is 0 Å². The molecule has 0 atom stereocenters. The molecule has 2 heterocycles. The lowest BCUT2D eigenvalue weighted by Gasteiger charge is -2.34. The number of nitrogens with zero attached hydrogens (tertiary/aromatic N) is 3. The predicted molar refractivity (Wildman–Crippen MR) is 93.9 cm³/mol. The number of benzene rings is 1. The standard InChI is InChI=1S/C19H27N3O2/c1-19(2,3)18-20-16(14-24-18)13-22-9-7-21(8-10-22)12-15-5-4-6-17(23)11-15/h4-6,11,14,23H,7-10,12-13H2,1-3H3. The molecule has 1 fully saturated rings. The molecule has 0 saturated carbocycles. The average Bonchev–Trinajstić information content (AvgIpc) is 2.98. The van der Waals surface area contributed by atoms with Crippen LogP contribution in [0.15, 0.2) is 34.9 Å². The van der Waals surface area contributed by atoms with Crippen LogP contribution in [0, 0.1) is 0 Å². The minimum Gasteiger partial charge on any atom is -0.508 e. The summed E-state index contributed by atoms with van der Waals surface area (Å²) in [5.41, 5.74) is 2.13. The van der Waals surface area contributed by atoms with Crippen LogP contribution >= 0.6 is 0 Å². The van der Waals surface area contributed by atoms with Crippen molar-refractivity contribution in [2.75, 3.05) is 26.2 Å². The summed E-state index contributed by atoms with van der Waals surface area (Å²) in [5, 5.41) is 9.57. The molecule has 0 bridgehead atoms. The third-order valence-corrected chi connectivity index (χ3v) is 4.36. The lowest BCUT2D eigenvalue weighted by Crippen LogP contribution is -2.45. The summed E-state index contributed by atoms with van der Waals surface area (Å²) in [7, 11) is 0. The van der Waals surface area contributed by atoms with E-state index in [-0.39, 0.29) is 5.41 Å². The zero-order valence-corrected chi connectivity index (χ0v) is 14.8. The summed E-state index contributed by atoms with van der Waals surface area (Å²) in [6.45, 7) is 12.2. The van der Waals surface area contributed by atoms with Gasteiger partial charge in [-0.1, -0.05) is 32.9 Å². The van der Waals surface area contributed by atoms with E-state index in [1.807, 2.05) is 12.1 Å². The molecule has 0 aliphatic carbocycles. The van der Waals surface area contributed by atoms with Crippen molar-refractivity contribution in [3.63, 3.8) is 0 Å². The molecule has 0 radical (unpaired) electrons. The Labute approximate surface area is 143 Å². The van der Waals surface area contributed by atoms with E-state index in [0.717, 1.165) is 56.4 Å². The Morgan fingerprint density at radius 1 is 1.08 bits per heavy atom. The summed E-state index contributed by atoms with van der Waals surface area (Å²) in [4.78, 5) is 9.47. The first-order valence-electron chi connectivity index (χ1n) is 8.58. The maximum Gasteiger partial charge on any atom is 0.199 e. The van der Waals surface area contributed by atoms with E-state index in [0.29, 0.717) is 5.75 Å². The van der Waals surface area contributed by atoms with Crippen LogP contribution in [0.25, 0.3) is 0 Å². The highest BCUT2D eigenvalue weighted by Crippen LogP contribution is 2.22. The Morgan fingerprint density at radius 2 is 1.75 bits per heavy atom. The van der Waals surface area contributed by atoms with E-state index in [4.69, 9.17) is 4.42 Å². The fourth-order valence-electron chi connectivity index (χ4n) is 2.97. The molecule has 1 aromatic carbocycles. The van der Waals surface area contributed by atoms with Crippen molar-refractivity contribution < 1.29 is 9.52 Å². The quantitative estimate of drug-likeness (QED) is 0.934. The molecular formula is C19H27N3O2. The smallest absolute Gasteiger partial charge is 0.199 e. The number of phenolic OH excluding ortho intramolecular Hbond substituents is 1. The van der Waals surface area contributed by atoms with Crippen molar-refractivity contribution in [3.8, 4) is 5.75 Å². The van der Waals surface area contributed by atoms with Gasteiger partial charge >= 0.3 is 0 Å². The second-order valence-electron chi connectivity index (χ2n) is 7.62. The van der Waals surface area contributed by atoms with Crippen LogP contribution in [-0.2, 0) is 18.5 Å². The summed E-state index contributed by atoms with van der Waals surface area (Å²) >= 11 is 0. The van der Waals surface area contributed by atoms with Gasteiger partial charge in [0.1, 0.15) is 12.0 Å². The highest BCUT2D eigenvalue weighted by molar-refractivity contribution is 5.27. The Hall–Kier alpha value is -1.85. The number of piperazine rings is 1. The summed E-state index contributed by atoms with van der Waals surface area (Å²) in [5.74, 6) is 1.15. The van der Waals surface area contributed by atoms with Crippen molar-refractivity contribution in [3.05, 3.63) is 47.7 Å². The molecule has 0 unspecified atom stereocenters. The topological polar surface area (TPSA) is 52.7 Å². The molecule has 1 aromatic heterocycles. The van der Waals surface area contributed by atoms with Crippen LogP contribution in [0.5, 0.6) is 5.75 Å². The molecule has 5 nitrogen and oxygen atoms in total. The van der Waals surface area contributed by atoms with E-state index < -0.39 is 0 Å². The Balaban J connectivity index is 1.49. The fourth-order valence-corrected chi connectivity index (χ4v) is 2.97. The van der Waals surface area contributed by atoms with Crippen LogP contribution in [0.3, 0.4) is 0 Å². The molecule has 1 N–H and O–H groups in total. The maximum absolute atomic E-state index is 9.57.